The fourth-order valence-corrected chi connectivity index (χ4v) is 3.81. The Morgan fingerprint density at radius 3 is 2.84 bits per heavy atom. The van der Waals surface area contributed by atoms with Crippen molar-refractivity contribution in [1.82, 2.24) is 10.2 Å². The Labute approximate surface area is 115 Å². The number of hydrogen-bond donors (Lipinski definition) is 1. The number of rotatable bonds is 5. The molecule has 0 aromatic heterocycles. The monoisotopic (exact) mass is 262 g/mol. The summed E-state index contributed by atoms with van der Waals surface area (Å²) in [5.74, 6) is 0.844. The third kappa shape index (κ3) is 2.67. The van der Waals surface area contributed by atoms with Gasteiger partial charge < -0.3 is 10.2 Å². The van der Waals surface area contributed by atoms with Gasteiger partial charge in [-0.05, 0) is 44.7 Å². The SMILES string of the molecule is CNC(CCN1CC2CCC1C2)c1ccccc1F. The van der Waals surface area contributed by atoms with Crippen LogP contribution in [0.3, 0.4) is 0 Å². The Balaban J connectivity index is 1.60. The molecule has 2 fully saturated rings. The maximum absolute atomic E-state index is 13.8. The van der Waals surface area contributed by atoms with Crippen LogP contribution in [0.15, 0.2) is 24.3 Å². The Morgan fingerprint density at radius 1 is 1.37 bits per heavy atom. The second-order valence-corrected chi connectivity index (χ2v) is 5.98. The number of benzene rings is 1. The summed E-state index contributed by atoms with van der Waals surface area (Å²) < 4.78 is 13.8. The molecular formula is C16H23FN2. The minimum atomic E-state index is -0.0928. The van der Waals surface area contributed by atoms with Gasteiger partial charge in [0, 0.05) is 30.7 Å². The fourth-order valence-electron chi connectivity index (χ4n) is 3.81. The van der Waals surface area contributed by atoms with Gasteiger partial charge in [0.1, 0.15) is 5.82 Å². The van der Waals surface area contributed by atoms with E-state index in [0.717, 1.165) is 30.5 Å². The Hall–Kier alpha value is -0.930. The van der Waals surface area contributed by atoms with Crippen LogP contribution in [0.25, 0.3) is 0 Å². The summed E-state index contributed by atoms with van der Waals surface area (Å²) in [6.45, 7) is 2.35. The summed E-state index contributed by atoms with van der Waals surface area (Å²) in [6.07, 6.45) is 5.17. The largest absolute Gasteiger partial charge is 0.313 e. The van der Waals surface area contributed by atoms with E-state index < -0.39 is 0 Å². The van der Waals surface area contributed by atoms with Crippen LogP contribution in [0.4, 0.5) is 4.39 Å². The molecule has 1 aliphatic carbocycles. The zero-order chi connectivity index (χ0) is 13.2. The van der Waals surface area contributed by atoms with Crippen molar-refractivity contribution in [2.75, 3.05) is 20.1 Å². The van der Waals surface area contributed by atoms with E-state index in [-0.39, 0.29) is 11.9 Å². The molecule has 1 aromatic carbocycles. The van der Waals surface area contributed by atoms with E-state index in [4.69, 9.17) is 0 Å². The van der Waals surface area contributed by atoms with E-state index in [1.807, 2.05) is 19.2 Å². The van der Waals surface area contributed by atoms with Gasteiger partial charge in [-0.3, -0.25) is 0 Å². The van der Waals surface area contributed by atoms with Crippen LogP contribution in [-0.2, 0) is 0 Å². The predicted molar refractivity (Wildman–Crippen MR) is 75.5 cm³/mol. The van der Waals surface area contributed by atoms with Crippen molar-refractivity contribution in [3.63, 3.8) is 0 Å². The highest BCUT2D eigenvalue weighted by Gasteiger charge is 2.37. The van der Waals surface area contributed by atoms with Crippen LogP contribution in [0.2, 0.25) is 0 Å². The number of hydrogen-bond acceptors (Lipinski definition) is 2. The van der Waals surface area contributed by atoms with Crippen LogP contribution >= 0.6 is 0 Å². The molecule has 1 N–H and O–H groups in total. The number of nitrogens with one attached hydrogen (secondary N) is 1. The van der Waals surface area contributed by atoms with Crippen molar-refractivity contribution in [2.24, 2.45) is 5.92 Å². The first-order chi connectivity index (χ1) is 9.28. The lowest BCUT2D eigenvalue weighted by Crippen LogP contribution is -2.34. The molecule has 1 heterocycles. The van der Waals surface area contributed by atoms with Crippen LogP contribution in [-0.4, -0.2) is 31.1 Å². The molecule has 1 aromatic rings. The molecule has 2 aliphatic rings. The summed E-state index contributed by atoms with van der Waals surface area (Å²) >= 11 is 0. The lowest BCUT2D eigenvalue weighted by Gasteiger charge is -2.28. The van der Waals surface area contributed by atoms with Crippen molar-refractivity contribution in [3.8, 4) is 0 Å². The van der Waals surface area contributed by atoms with Gasteiger partial charge in [-0.2, -0.15) is 0 Å². The maximum Gasteiger partial charge on any atom is 0.127 e. The van der Waals surface area contributed by atoms with E-state index in [2.05, 4.69) is 10.2 Å². The number of piperidine rings is 1. The number of fused-ring (bicyclic) bond motifs is 2. The third-order valence-electron chi connectivity index (χ3n) is 4.86. The zero-order valence-electron chi connectivity index (χ0n) is 11.6. The molecule has 2 bridgehead atoms. The average molecular weight is 262 g/mol. The Morgan fingerprint density at radius 2 is 2.21 bits per heavy atom. The van der Waals surface area contributed by atoms with E-state index in [9.17, 15) is 4.39 Å². The highest BCUT2D eigenvalue weighted by atomic mass is 19.1. The molecule has 3 heteroatoms. The lowest BCUT2D eigenvalue weighted by molar-refractivity contribution is 0.203. The van der Waals surface area contributed by atoms with Crippen molar-refractivity contribution in [2.45, 2.75) is 37.8 Å². The minimum Gasteiger partial charge on any atom is -0.313 e. The molecule has 3 unspecified atom stereocenters. The van der Waals surface area contributed by atoms with Gasteiger partial charge in [-0.25, -0.2) is 4.39 Å². The van der Waals surface area contributed by atoms with Crippen LogP contribution in [0, 0.1) is 11.7 Å². The van der Waals surface area contributed by atoms with Gasteiger partial charge in [0.2, 0.25) is 0 Å². The molecule has 0 radical (unpaired) electrons. The van der Waals surface area contributed by atoms with E-state index in [0.29, 0.717) is 0 Å². The molecule has 1 saturated heterocycles. The van der Waals surface area contributed by atoms with Crippen molar-refractivity contribution >= 4 is 0 Å². The van der Waals surface area contributed by atoms with Crippen molar-refractivity contribution in [1.29, 1.82) is 0 Å². The highest BCUT2D eigenvalue weighted by molar-refractivity contribution is 5.21. The van der Waals surface area contributed by atoms with Gasteiger partial charge in [0.25, 0.3) is 0 Å². The normalized spacial score (nSPS) is 27.9. The molecular weight excluding hydrogens is 239 g/mol. The quantitative estimate of drug-likeness (QED) is 0.877. The standard InChI is InChI=1S/C16H23FN2/c1-18-16(14-4-2-3-5-15(14)17)8-9-19-11-12-6-7-13(19)10-12/h2-5,12-13,16,18H,6-11H2,1H3. The summed E-state index contributed by atoms with van der Waals surface area (Å²) in [5, 5.41) is 3.26. The number of nitrogens with zero attached hydrogens (tertiary/aromatic N) is 1. The fraction of sp³-hybridized carbons (Fsp3) is 0.625. The van der Waals surface area contributed by atoms with E-state index >= 15 is 0 Å². The highest BCUT2D eigenvalue weighted by Crippen LogP contribution is 2.37. The van der Waals surface area contributed by atoms with Gasteiger partial charge >= 0.3 is 0 Å². The second-order valence-electron chi connectivity index (χ2n) is 5.98. The van der Waals surface area contributed by atoms with Crippen LogP contribution in [0.5, 0.6) is 0 Å². The predicted octanol–water partition coefficient (Wildman–Crippen LogP) is 2.96. The number of halogens is 1. The first kappa shape index (κ1) is 13.1. The molecule has 3 rings (SSSR count). The lowest BCUT2D eigenvalue weighted by atomic mass is 10.0. The third-order valence-corrected chi connectivity index (χ3v) is 4.86. The molecule has 1 saturated carbocycles. The van der Waals surface area contributed by atoms with Crippen LogP contribution in [0.1, 0.15) is 37.3 Å². The molecule has 0 spiro atoms. The van der Waals surface area contributed by atoms with Gasteiger partial charge in [-0.1, -0.05) is 18.2 Å². The molecule has 3 atom stereocenters. The molecule has 1 aliphatic heterocycles. The first-order valence-corrected chi connectivity index (χ1v) is 7.43. The van der Waals surface area contributed by atoms with Gasteiger partial charge in [-0.15, -0.1) is 0 Å². The number of likely N-dealkylation sites (tertiary alicyclic amines) is 1. The van der Waals surface area contributed by atoms with Crippen molar-refractivity contribution in [3.05, 3.63) is 35.6 Å². The summed E-state index contributed by atoms with van der Waals surface area (Å²) in [5.41, 5.74) is 0.800. The maximum atomic E-state index is 13.8. The van der Waals surface area contributed by atoms with Crippen molar-refractivity contribution < 1.29 is 4.39 Å². The first-order valence-electron chi connectivity index (χ1n) is 7.43. The Kier molecular flexibility index (Phi) is 3.85. The smallest absolute Gasteiger partial charge is 0.127 e. The van der Waals surface area contributed by atoms with E-state index in [1.165, 1.54) is 25.8 Å². The summed E-state index contributed by atoms with van der Waals surface area (Å²) in [4.78, 5) is 2.61. The zero-order valence-corrected chi connectivity index (χ0v) is 11.6. The Bertz CT molecular complexity index is 435. The molecule has 2 nitrogen and oxygen atoms in total. The molecule has 104 valence electrons. The molecule has 0 amide bonds. The van der Waals surface area contributed by atoms with E-state index in [1.54, 1.807) is 12.1 Å². The minimum absolute atomic E-state index is 0.0928. The summed E-state index contributed by atoms with van der Waals surface area (Å²) in [6, 6.07) is 8.05. The second kappa shape index (κ2) is 5.59. The van der Waals surface area contributed by atoms with Crippen LogP contribution < -0.4 is 5.32 Å². The average Bonchev–Trinajstić information content (AvgIpc) is 3.03. The molecule has 19 heavy (non-hydrogen) atoms. The summed E-state index contributed by atoms with van der Waals surface area (Å²) in [7, 11) is 1.92. The topological polar surface area (TPSA) is 15.3 Å². The van der Waals surface area contributed by atoms with Gasteiger partial charge in [0.15, 0.2) is 0 Å². The van der Waals surface area contributed by atoms with Gasteiger partial charge in [0.05, 0.1) is 0 Å².